The summed E-state index contributed by atoms with van der Waals surface area (Å²) < 4.78 is 5.26. The van der Waals surface area contributed by atoms with Crippen LogP contribution in [0.3, 0.4) is 0 Å². The molecule has 0 unspecified atom stereocenters. The first-order valence-electron chi connectivity index (χ1n) is 7.73. The Kier molecular flexibility index (Phi) is 4.27. The van der Waals surface area contributed by atoms with Crippen LogP contribution in [0.2, 0.25) is 0 Å². The Morgan fingerprint density at radius 2 is 2.08 bits per heavy atom. The maximum absolute atomic E-state index is 12.1. The molecular weight excluding hydrogens is 372 g/mol. The van der Waals surface area contributed by atoms with E-state index in [9.17, 15) is 9.59 Å². The van der Waals surface area contributed by atoms with E-state index in [1.807, 2.05) is 22.9 Å². The molecule has 2 N–H and O–H groups in total. The van der Waals surface area contributed by atoms with Crippen LogP contribution in [0.1, 0.15) is 12.5 Å². The van der Waals surface area contributed by atoms with Gasteiger partial charge in [0.2, 0.25) is 0 Å². The summed E-state index contributed by atoms with van der Waals surface area (Å²) in [5, 5.41) is 10.1. The molecule has 4 rings (SSSR count). The number of carbonyl (C=O) groups is 2. The van der Waals surface area contributed by atoms with E-state index in [4.69, 9.17) is 4.74 Å². The number of hydrogen-bond acceptors (Lipinski definition) is 8. The van der Waals surface area contributed by atoms with Crippen LogP contribution < -0.4 is 10.6 Å². The Morgan fingerprint density at radius 1 is 1.23 bits per heavy atom. The monoisotopic (exact) mass is 386 g/mol. The molecule has 132 valence electrons. The molecular formula is C17H14N4O3S2. The van der Waals surface area contributed by atoms with Gasteiger partial charge in [-0.3, -0.25) is 14.9 Å². The van der Waals surface area contributed by atoms with E-state index in [-0.39, 0.29) is 5.70 Å². The van der Waals surface area contributed by atoms with Gasteiger partial charge in [-0.15, -0.1) is 22.7 Å². The molecule has 0 saturated heterocycles. The molecule has 3 aromatic heterocycles. The number of thiophene rings is 2. The van der Waals surface area contributed by atoms with Gasteiger partial charge in [0.25, 0.3) is 11.8 Å². The number of ether oxygens (including phenoxy) is 1. The van der Waals surface area contributed by atoms with Crippen LogP contribution in [0.15, 0.2) is 34.2 Å². The SMILES string of the molecule is COCc1csc2nc(-c3cccs3)nc(NC3=C(C)C(=O)NC3=O)c12. The predicted octanol–water partition coefficient (Wildman–Crippen LogP) is 2.91. The number of nitrogens with one attached hydrogen (secondary N) is 2. The van der Waals surface area contributed by atoms with Crippen molar-refractivity contribution in [2.45, 2.75) is 13.5 Å². The van der Waals surface area contributed by atoms with Crippen molar-refractivity contribution in [3.63, 3.8) is 0 Å². The Hall–Kier alpha value is -2.62. The topological polar surface area (TPSA) is 93.2 Å². The minimum Gasteiger partial charge on any atom is -0.380 e. The van der Waals surface area contributed by atoms with Crippen molar-refractivity contribution in [1.82, 2.24) is 15.3 Å². The van der Waals surface area contributed by atoms with E-state index in [1.54, 1.807) is 14.0 Å². The Labute approximate surface area is 156 Å². The van der Waals surface area contributed by atoms with Gasteiger partial charge >= 0.3 is 0 Å². The van der Waals surface area contributed by atoms with Crippen molar-refractivity contribution in [3.05, 3.63) is 39.7 Å². The van der Waals surface area contributed by atoms with E-state index in [0.717, 1.165) is 20.7 Å². The first-order valence-corrected chi connectivity index (χ1v) is 9.49. The van der Waals surface area contributed by atoms with Crippen LogP contribution in [-0.4, -0.2) is 28.9 Å². The van der Waals surface area contributed by atoms with Crippen LogP contribution in [0.5, 0.6) is 0 Å². The zero-order valence-corrected chi connectivity index (χ0v) is 15.6. The molecule has 0 aliphatic carbocycles. The van der Waals surface area contributed by atoms with Gasteiger partial charge in [0.05, 0.1) is 16.9 Å². The molecule has 0 atom stereocenters. The molecule has 1 aliphatic rings. The third-order valence-corrected chi connectivity index (χ3v) is 5.75. The third kappa shape index (κ3) is 2.79. The van der Waals surface area contributed by atoms with E-state index in [0.29, 0.717) is 23.8 Å². The number of anilines is 1. The Morgan fingerprint density at radius 3 is 2.73 bits per heavy atom. The summed E-state index contributed by atoms with van der Waals surface area (Å²) in [6.07, 6.45) is 0. The maximum Gasteiger partial charge on any atom is 0.275 e. The lowest BCUT2D eigenvalue weighted by Crippen LogP contribution is -2.24. The first kappa shape index (κ1) is 16.8. The second-order valence-corrected chi connectivity index (χ2v) is 7.46. The number of aromatic nitrogens is 2. The van der Waals surface area contributed by atoms with Crippen molar-refractivity contribution in [2.75, 3.05) is 12.4 Å². The lowest BCUT2D eigenvalue weighted by molar-refractivity contribution is -0.124. The number of carbonyl (C=O) groups excluding carboxylic acids is 2. The fourth-order valence-electron chi connectivity index (χ4n) is 2.68. The lowest BCUT2D eigenvalue weighted by Gasteiger charge is -2.10. The number of fused-ring (bicyclic) bond motifs is 1. The van der Waals surface area contributed by atoms with Crippen molar-refractivity contribution in [1.29, 1.82) is 0 Å². The minimum atomic E-state index is -0.458. The van der Waals surface area contributed by atoms with Gasteiger partial charge in [-0.25, -0.2) is 9.97 Å². The van der Waals surface area contributed by atoms with Gasteiger partial charge in [0, 0.05) is 18.2 Å². The number of hydrogen-bond donors (Lipinski definition) is 2. The summed E-state index contributed by atoms with van der Waals surface area (Å²) >= 11 is 3.03. The summed E-state index contributed by atoms with van der Waals surface area (Å²) in [6.45, 7) is 2.00. The molecule has 0 spiro atoms. The first-order chi connectivity index (χ1) is 12.6. The summed E-state index contributed by atoms with van der Waals surface area (Å²) in [5.41, 5.74) is 1.47. The molecule has 26 heavy (non-hydrogen) atoms. The molecule has 4 heterocycles. The van der Waals surface area contributed by atoms with Crippen molar-refractivity contribution >= 4 is 50.5 Å². The highest BCUT2D eigenvalue weighted by Gasteiger charge is 2.28. The number of nitrogens with zero attached hydrogens (tertiary/aromatic N) is 2. The van der Waals surface area contributed by atoms with Crippen molar-refractivity contribution in [3.8, 4) is 10.7 Å². The molecule has 1 aliphatic heterocycles. The Balaban J connectivity index is 1.89. The average Bonchev–Trinajstić information content (AvgIpc) is 3.33. The van der Waals surface area contributed by atoms with Crippen LogP contribution in [0.4, 0.5) is 5.82 Å². The van der Waals surface area contributed by atoms with E-state index < -0.39 is 11.8 Å². The second-order valence-electron chi connectivity index (χ2n) is 5.66. The number of rotatable bonds is 5. The number of imide groups is 1. The Bertz CT molecular complexity index is 1050. The molecule has 2 amide bonds. The third-order valence-electron chi connectivity index (χ3n) is 3.96. The highest BCUT2D eigenvalue weighted by molar-refractivity contribution is 7.17. The number of methoxy groups -OCH3 is 1. The van der Waals surface area contributed by atoms with E-state index in [1.165, 1.54) is 22.7 Å². The maximum atomic E-state index is 12.1. The largest absolute Gasteiger partial charge is 0.380 e. The highest BCUT2D eigenvalue weighted by Crippen LogP contribution is 2.34. The molecule has 0 saturated carbocycles. The molecule has 0 bridgehead atoms. The molecule has 9 heteroatoms. The summed E-state index contributed by atoms with van der Waals surface area (Å²) in [7, 11) is 1.62. The van der Waals surface area contributed by atoms with Gasteiger partial charge in [0.1, 0.15) is 16.3 Å². The summed E-state index contributed by atoms with van der Waals surface area (Å²) in [4.78, 5) is 34.8. The average molecular weight is 386 g/mol. The van der Waals surface area contributed by atoms with Gasteiger partial charge in [-0.1, -0.05) is 6.07 Å². The van der Waals surface area contributed by atoms with Gasteiger partial charge in [0.15, 0.2) is 5.82 Å². The van der Waals surface area contributed by atoms with E-state index >= 15 is 0 Å². The van der Waals surface area contributed by atoms with Crippen LogP contribution in [-0.2, 0) is 20.9 Å². The van der Waals surface area contributed by atoms with Crippen molar-refractivity contribution in [2.24, 2.45) is 0 Å². The van der Waals surface area contributed by atoms with Gasteiger partial charge in [-0.2, -0.15) is 0 Å². The van der Waals surface area contributed by atoms with Gasteiger partial charge in [-0.05, 0) is 23.8 Å². The molecule has 0 radical (unpaired) electrons. The highest BCUT2D eigenvalue weighted by atomic mass is 32.1. The predicted molar refractivity (Wildman–Crippen MR) is 101 cm³/mol. The van der Waals surface area contributed by atoms with Gasteiger partial charge < -0.3 is 10.1 Å². The minimum absolute atomic E-state index is 0.210. The zero-order chi connectivity index (χ0) is 18.3. The zero-order valence-electron chi connectivity index (χ0n) is 14.0. The fourth-order valence-corrected chi connectivity index (χ4v) is 4.26. The second kappa shape index (κ2) is 6.60. The summed E-state index contributed by atoms with van der Waals surface area (Å²) in [6, 6.07) is 3.87. The smallest absolute Gasteiger partial charge is 0.275 e. The van der Waals surface area contributed by atoms with Crippen molar-refractivity contribution < 1.29 is 14.3 Å². The summed E-state index contributed by atoms with van der Waals surface area (Å²) in [5.74, 6) is 0.207. The normalized spacial score (nSPS) is 14.4. The lowest BCUT2D eigenvalue weighted by atomic mass is 10.2. The van der Waals surface area contributed by atoms with Crippen LogP contribution in [0, 0.1) is 0 Å². The molecule has 3 aromatic rings. The molecule has 0 fully saturated rings. The molecule has 0 aromatic carbocycles. The van der Waals surface area contributed by atoms with E-state index in [2.05, 4.69) is 20.6 Å². The molecule has 7 nitrogen and oxygen atoms in total. The van der Waals surface area contributed by atoms with Crippen LogP contribution in [0.25, 0.3) is 20.9 Å². The quantitative estimate of drug-likeness (QED) is 0.655. The standard InChI is InChI=1S/C17H14N4O3S2/c1-8-12(16(23)21-15(8)22)18-14-11-9(6-24-2)7-26-17(11)20-13(19-14)10-4-3-5-25-10/h3-5,7H,6H2,1-2H3,(H2,18,19,20,21,22,23). The van der Waals surface area contributed by atoms with Crippen LogP contribution >= 0.6 is 22.7 Å². The number of amides is 2. The fraction of sp³-hybridized carbons (Fsp3) is 0.176.